The first-order chi connectivity index (χ1) is 10.6. The van der Waals surface area contributed by atoms with Crippen LogP contribution < -0.4 is 10.1 Å². The molecule has 0 bridgehead atoms. The van der Waals surface area contributed by atoms with Crippen LogP contribution >= 0.6 is 0 Å². The highest BCUT2D eigenvalue weighted by molar-refractivity contribution is 5.96. The fourth-order valence-electron chi connectivity index (χ4n) is 2.78. The van der Waals surface area contributed by atoms with Gasteiger partial charge in [-0.25, -0.2) is 0 Å². The van der Waals surface area contributed by atoms with Gasteiger partial charge in [0.2, 0.25) is 0 Å². The average molecular weight is 300 g/mol. The van der Waals surface area contributed by atoms with E-state index in [0.717, 1.165) is 17.7 Å². The minimum atomic E-state index is -0.135. The summed E-state index contributed by atoms with van der Waals surface area (Å²) in [5, 5.41) is 7.03. The lowest BCUT2D eigenvalue weighted by molar-refractivity contribution is 0.0921. The van der Waals surface area contributed by atoms with Gasteiger partial charge in [-0.2, -0.15) is 0 Å². The number of nitrogens with one attached hydrogen (secondary N) is 1. The molecule has 2 aromatic rings. The molecule has 0 aliphatic carbocycles. The number of hydrogen-bond donors (Lipinski definition) is 1. The van der Waals surface area contributed by atoms with E-state index in [1.54, 1.807) is 6.92 Å². The van der Waals surface area contributed by atoms with Gasteiger partial charge >= 0.3 is 0 Å². The number of hydrogen-bond acceptors (Lipinski definition) is 4. The van der Waals surface area contributed by atoms with Gasteiger partial charge in [0.25, 0.3) is 5.91 Å². The van der Waals surface area contributed by atoms with Crippen molar-refractivity contribution in [1.29, 1.82) is 0 Å². The monoisotopic (exact) mass is 300 g/mol. The van der Waals surface area contributed by atoms with Crippen LogP contribution in [0.4, 0.5) is 0 Å². The van der Waals surface area contributed by atoms with Gasteiger partial charge in [0.1, 0.15) is 11.3 Å². The van der Waals surface area contributed by atoms with E-state index in [-0.39, 0.29) is 17.9 Å². The lowest BCUT2D eigenvalue weighted by atomic mass is 9.99. The highest BCUT2D eigenvalue weighted by Crippen LogP contribution is 2.32. The van der Waals surface area contributed by atoms with Gasteiger partial charge in [0.05, 0.1) is 18.3 Å². The van der Waals surface area contributed by atoms with Crippen molar-refractivity contribution in [3.8, 4) is 5.75 Å². The standard InChI is InChI=1S/C17H20N2O3/c1-10(2)16-15(11(3)19-22-16)17(20)18-13-8-9-21-14-7-5-4-6-12(13)14/h4-7,10,13H,8-9H2,1-3H3,(H,18,20)/t13-/m1/s1. The molecule has 5 heteroatoms. The molecule has 1 N–H and O–H groups in total. The summed E-state index contributed by atoms with van der Waals surface area (Å²) >= 11 is 0. The second-order valence-electron chi connectivity index (χ2n) is 5.86. The number of aryl methyl sites for hydroxylation is 1. The lowest BCUT2D eigenvalue weighted by Crippen LogP contribution is -2.32. The minimum Gasteiger partial charge on any atom is -0.493 e. The fraction of sp³-hybridized carbons (Fsp3) is 0.412. The van der Waals surface area contributed by atoms with Crippen molar-refractivity contribution in [3.63, 3.8) is 0 Å². The number of nitrogens with zero attached hydrogens (tertiary/aromatic N) is 1. The predicted molar refractivity (Wildman–Crippen MR) is 82.1 cm³/mol. The number of carbonyl (C=O) groups excluding carboxylic acids is 1. The van der Waals surface area contributed by atoms with Gasteiger partial charge in [-0.05, 0) is 13.0 Å². The Bertz CT molecular complexity index is 691. The molecule has 5 nitrogen and oxygen atoms in total. The van der Waals surface area contributed by atoms with E-state index in [9.17, 15) is 4.79 Å². The summed E-state index contributed by atoms with van der Waals surface area (Å²) < 4.78 is 10.9. The van der Waals surface area contributed by atoms with E-state index >= 15 is 0 Å². The van der Waals surface area contributed by atoms with Crippen LogP contribution in [0.15, 0.2) is 28.8 Å². The zero-order valence-corrected chi connectivity index (χ0v) is 13.1. The second kappa shape index (κ2) is 5.83. The van der Waals surface area contributed by atoms with Crippen LogP contribution in [0, 0.1) is 6.92 Å². The molecule has 22 heavy (non-hydrogen) atoms. The van der Waals surface area contributed by atoms with Crippen molar-refractivity contribution in [1.82, 2.24) is 10.5 Å². The molecular weight excluding hydrogens is 280 g/mol. The van der Waals surface area contributed by atoms with E-state index in [1.165, 1.54) is 0 Å². The zero-order valence-electron chi connectivity index (χ0n) is 13.1. The third-order valence-electron chi connectivity index (χ3n) is 3.90. The maximum absolute atomic E-state index is 12.7. The molecule has 1 aromatic carbocycles. The summed E-state index contributed by atoms with van der Waals surface area (Å²) in [4.78, 5) is 12.7. The van der Waals surface area contributed by atoms with Gasteiger partial charge in [-0.15, -0.1) is 0 Å². The average Bonchev–Trinajstić information content (AvgIpc) is 2.90. The largest absolute Gasteiger partial charge is 0.493 e. The van der Waals surface area contributed by atoms with Crippen LogP contribution in [0.5, 0.6) is 5.75 Å². The number of carbonyl (C=O) groups is 1. The second-order valence-corrected chi connectivity index (χ2v) is 5.86. The first-order valence-electron chi connectivity index (χ1n) is 7.56. The highest BCUT2D eigenvalue weighted by Gasteiger charge is 2.27. The third kappa shape index (κ3) is 2.58. The molecule has 0 saturated heterocycles. The zero-order chi connectivity index (χ0) is 15.7. The van der Waals surface area contributed by atoms with Crippen LogP contribution in [0.3, 0.4) is 0 Å². The number of amides is 1. The number of fused-ring (bicyclic) bond motifs is 1. The quantitative estimate of drug-likeness (QED) is 0.944. The van der Waals surface area contributed by atoms with Crippen LogP contribution in [0.2, 0.25) is 0 Å². The summed E-state index contributed by atoms with van der Waals surface area (Å²) in [5.74, 6) is 1.45. The van der Waals surface area contributed by atoms with E-state index in [2.05, 4.69) is 10.5 Å². The maximum Gasteiger partial charge on any atom is 0.257 e. The fourth-order valence-corrected chi connectivity index (χ4v) is 2.78. The van der Waals surface area contributed by atoms with Crippen molar-refractivity contribution in [2.45, 2.75) is 39.2 Å². The Balaban J connectivity index is 1.86. The normalized spacial score (nSPS) is 17.0. The molecule has 0 spiro atoms. The maximum atomic E-state index is 12.7. The smallest absolute Gasteiger partial charge is 0.257 e. The molecule has 1 aliphatic heterocycles. The number of aromatic nitrogens is 1. The van der Waals surface area contributed by atoms with Crippen LogP contribution in [-0.4, -0.2) is 17.7 Å². The van der Waals surface area contributed by atoms with Crippen LogP contribution in [-0.2, 0) is 0 Å². The Labute approximate surface area is 129 Å². The Hall–Kier alpha value is -2.30. The van der Waals surface area contributed by atoms with E-state index in [4.69, 9.17) is 9.26 Å². The number of rotatable bonds is 3. The van der Waals surface area contributed by atoms with Gasteiger partial charge < -0.3 is 14.6 Å². The Morgan fingerprint density at radius 3 is 2.91 bits per heavy atom. The molecule has 2 heterocycles. The number of benzene rings is 1. The van der Waals surface area contributed by atoms with E-state index in [0.29, 0.717) is 23.6 Å². The first kappa shape index (κ1) is 14.6. The van der Waals surface area contributed by atoms with Gasteiger partial charge in [-0.3, -0.25) is 4.79 Å². The Morgan fingerprint density at radius 2 is 2.14 bits per heavy atom. The summed E-state index contributed by atoms with van der Waals surface area (Å²) in [5.41, 5.74) is 2.20. The van der Waals surface area contributed by atoms with Gasteiger partial charge in [0, 0.05) is 17.9 Å². The molecular formula is C17H20N2O3. The molecule has 116 valence electrons. The molecule has 1 aromatic heterocycles. The minimum absolute atomic E-state index is 0.0493. The van der Waals surface area contributed by atoms with Crippen molar-refractivity contribution < 1.29 is 14.1 Å². The van der Waals surface area contributed by atoms with Crippen molar-refractivity contribution in [2.75, 3.05) is 6.61 Å². The lowest BCUT2D eigenvalue weighted by Gasteiger charge is -2.26. The summed E-state index contributed by atoms with van der Waals surface area (Å²) in [6.07, 6.45) is 0.754. The van der Waals surface area contributed by atoms with Crippen molar-refractivity contribution in [2.24, 2.45) is 0 Å². The van der Waals surface area contributed by atoms with Crippen molar-refractivity contribution >= 4 is 5.91 Å². The summed E-state index contributed by atoms with van der Waals surface area (Å²) in [6, 6.07) is 7.76. The Kier molecular flexibility index (Phi) is 3.88. The molecule has 0 radical (unpaired) electrons. The molecule has 1 atom stereocenters. The van der Waals surface area contributed by atoms with Crippen molar-refractivity contribution in [3.05, 3.63) is 46.8 Å². The Morgan fingerprint density at radius 1 is 1.36 bits per heavy atom. The summed E-state index contributed by atoms with van der Waals surface area (Å²) in [6.45, 7) is 6.37. The predicted octanol–water partition coefficient (Wildman–Crippen LogP) is 3.36. The highest BCUT2D eigenvalue weighted by atomic mass is 16.5. The van der Waals surface area contributed by atoms with Gasteiger partial charge in [-0.1, -0.05) is 37.2 Å². The SMILES string of the molecule is Cc1noc(C(C)C)c1C(=O)N[C@@H]1CCOc2ccccc21. The first-order valence-corrected chi connectivity index (χ1v) is 7.56. The molecule has 0 saturated carbocycles. The molecule has 1 amide bonds. The summed E-state index contributed by atoms with van der Waals surface area (Å²) in [7, 11) is 0. The number of para-hydroxylation sites is 1. The van der Waals surface area contributed by atoms with Crippen LogP contribution in [0.25, 0.3) is 0 Å². The van der Waals surface area contributed by atoms with E-state index < -0.39 is 0 Å². The number of ether oxygens (including phenoxy) is 1. The van der Waals surface area contributed by atoms with Gasteiger partial charge in [0.15, 0.2) is 5.76 Å². The molecule has 0 fully saturated rings. The molecule has 3 rings (SSSR count). The third-order valence-corrected chi connectivity index (χ3v) is 3.90. The molecule has 0 unspecified atom stereocenters. The topological polar surface area (TPSA) is 64.4 Å². The van der Waals surface area contributed by atoms with Crippen LogP contribution in [0.1, 0.15) is 59.6 Å². The van der Waals surface area contributed by atoms with E-state index in [1.807, 2.05) is 38.1 Å². The molecule has 1 aliphatic rings.